The van der Waals surface area contributed by atoms with Crippen LogP contribution in [-0.4, -0.2) is 28.8 Å². The fourth-order valence-electron chi connectivity index (χ4n) is 0.673. The molecule has 0 rings (SSSR count). The van der Waals surface area contributed by atoms with Gasteiger partial charge < -0.3 is 15.9 Å². The second-order valence-electron chi connectivity index (χ2n) is 2.38. The van der Waals surface area contributed by atoms with Gasteiger partial charge in [0.05, 0.1) is 6.61 Å². The Morgan fingerprint density at radius 3 is 2.64 bits per heavy atom. The Balaban J connectivity index is 3.84. The third kappa shape index (κ3) is 4.52. The van der Waals surface area contributed by atoms with E-state index in [1.54, 1.807) is 13.0 Å². The Labute approximate surface area is 65.3 Å². The summed E-state index contributed by atoms with van der Waals surface area (Å²) in [5.74, 6) is -1.02. The van der Waals surface area contributed by atoms with E-state index in [4.69, 9.17) is 15.9 Å². The SMILES string of the molecule is C/C(=C\CO)C[C@H](N)C(=O)O. The summed E-state index contributed by atoms with van der Waals surface area (Å²) in [5, 5.41) is 16.8. The minimum atomic E-state index is -1.02. The van der Waals surface area contributed by atoms with E-state index in [0.29, 0.717) is 0 Å². The summed E-state index contributed by atoms with van der Waals surface area (Å²) in [7, 11) is 0. The van der Waals surface area contributed by atoms with E-state index in [2.05, 4.69) is 0 Å². The second kappa shape index (κ2) is 4.87. The first-order valence-electron chi connectivity index (χ1n) is 3.32. The van der Waals surface area contributed by atoms with Gasteiger partial charge >= 0.3 is 5.97 Å². The molecule has 0 saturated heterocycles. The first-order chi connectivity index (χ1) is 5.07. The lowest BCUT2D eigenvalue weighted by Gasteiger charge is -2.05. The van der Waals surface area contributed by atoms with E-state index in [0.717, 1.165) is 5.57 Å². The average molecular weight is 159 g/mol. The lowest BCUT2D eigenvalue weighted by Crippen LogP contribution is -2.30. The summed E-state index contributed by atoms with van der Waals surface area (Å²) in [6.07, 6.45) is 1.83. The highest BCUT2D eigenvalue weighted by Crippen LogP contribution is 2.01. The Bertz CT molecular complexity index is 165. The highest BCUT2D eigenvalue weighted by atomic mass is 16.4. The topological polar surface area (TPSA) is 83.5 Å². The molecule has 1 atom stereocenters. The second-order valence-corrected chi connectivity index (χ2v) is 2.38. The highest BCUT2D eigenvalue weighted by Gasteiger charge is 2.10. The van der Waals surface area contributed by atoms with Gasteiger partial charge in [0.25, 0.3) is 0 Å². The predicted molar refractivity (Wildman–Crippen MR) is 41.1 cm³/mol. The Morgan fingerprint density at radius 2 is 2.27 bits per heavy atom. The van der Waals surface area contributed by atoms with E-state index in [1.165, 1.54) is 0 Å². The zero-order valence-corrected chi connectivity index (χ0v) is 6.45. The van der Waals surface area contributed by atoms with Crippen LogP contribution in [0.5, 0.6) is 0 Å². The van der Waals surface area contributed by atoms with Crippen molar-refractivity contribution in [1.82, 2.24) is 0 Å². The van der Waals surface area contributed by atoms with Crippen molar-refractivity contribution in [2.45, 2.75) is 19.4 Å². The predicted octanol–water partition coefficient (Wildman–Crippen LogP) is -0.273. The van der Waals surface area contributed by atoms with Crippen LogP contribution in [0.1, 0.15) is 13.3 Å². The van der Waals surface area contributed by atoms with Gasteiger partial charge in [0.2, 0.25) is 0 Å². The third-order valence-electron chi connectivity index (χ3n) is 1.30. The molecule has 4 heteroatoms. The number of aliphatic hydroxyl groups excluding tert-OH is 1. The molecule has 0 fully saturated rings. The number of carbonyl (C=O) groups is 1. The zero-order chi connectivity index (χ0) is 8.85. The summed E-state index contributed by atoms with van der Waals surface area (Å²) < 4.78 is 0. The van der Waals surface area contributed by atoms with Crippen LogP contribution in [0.15, 0.2) is 11.6 Å². The molecule has 64 valence electrons. The van der Waals surface area contributed by atoms with Gasteiger partial charge in [-0.15, -0.1) is 0 Å². The number of carboxylic acids is 1. The van der Waals surface area contributed by atoms with Crippen molar-refractivity contribution in [2.24, 2.45) is 5.73 Å². The van der Waals surface area contributed by atoms with Crippen LogP contribution in [0.3, 0.4) is 0 Å². The number of hydrogen-bond donors (Lipinski definition) is 3. The zero-order valence-electron chi connectivity index (χ0n) is 6.45. The first-order valence-corrected chi connectivity index (χ1v) is 3.32. The van der Waals surface area contributed by atoms with Crippen molar-refractivity contribution in [3.05, 3.63) is 11.6 Å². The van der Waals surface area contributed by atoms with Crippen LogP contribution in [0, 0.1) is 0 Å². The Kier molecular flexibility index (Phi) is 4.49. The van der Waals surface area contributed by atoms with Crippen LogP contribution in [-0.2, 0) is 4.79 Å². The standard InChI is InChI=1S/C7H13NO3/c1-5(2-3-9)4-6(8)7(10)11/h2,6,9H,3-4,8H2,1H3,(H,10,11)/b5-2+/t6-/m0/s1. The maximum Gasteiger partial charge on any atom is 0.320 e. The molecule has 4 N–H and O–H groups in total. The molecule has 0 aromatic rings. The maximum atomic E-state index is 10.2. The summed E-state index contributed by atoms with van der Waals surface area (Å²) in [4.78, 5) is 10.2. The minimum absolute atomic E-state index is 0.0713. The number of hydrogen-bond acceptors (Lipinski definition) is 3. The molecule has 0 amide bonds. The van der Waals surface area contributed by atoms with Gasteiger partial charge in [-0.25, -0.2) is 0 Å². The van der Waals surface area contributed by atoms with E-state index < -0.39 is 12.0 Å². The lowest BCUT2D eigenvalue weighted by atomic mass is 10.1. The van der Waals surface area contributed by atoms with Gasteiger partial charge in [-0.2, -0.15) is 0 Å². The average Bonchev–Trinajstić information content (AvgIpc) is 1.87. The maximum absolute atomic E-state index is 10.2. The van der Waals surface area contributed by atoms with E-state index in [-0.39, 0.29) is 13.0 Å². The Hall–Kier alpha value is -0.870. The molecule has 0 radical (unpaired) electrons. The molecule has 11 heavy (non-hydrogen) atoms. The van der Waals surface area contributed by atoms with Crippen molar-refractivity contribution in [3.63, 3.8) is 0 Å². The van der Waals surface area contributed by atoms with Crippen molar-refractivity contribution < 1.29 is 15.0 Å². The van der Waals surface area contributed by atoms with Crippen LogP contribution >= 0.6 is 0 Å². The molecule has 0 heterocycles. The van der Waals surface area contributed by atoms with Gasteiger partial charge in [-0.3, -0.25) is 4.79 Å². The number of aliphatic hydroxyl groups is 1. The molecule has 0 bridgehead atoms. The number of rotatable bonds is 4. The molecule has 4 nitrogen and oxygen atoms in total. The summed E-state index contributed by atoms with van der Waals surface area (Å²) in [6, 6.07) is -0.863. The molecule has 0 aromatic heterocycles. The fourth-order valence-corrected chi connectivity index (χ4v) is 0.673. The van der Waals surface area contributed by atoms with Gasteiger partial charge in [0.1, 0.15) is 6.04 Å². The fraction of sp³-hybridized carbons (Fsp3) is 0.571. The van der Waals surface area contributed by atoms with Crippen LogP contribution in [0.2, 0.25) is 0 Å². The van der Waals surface area contributed by atoms with Gasteiger partial charge in [0, 0.05) is 0 Å². The largest absolute Gasteiger partial charge is 0.480 e. The van der Waals surface area contributed by atoms with Crippen molar-refractivity contribution in [2.75, 3.05) is 6.61 Å². The lowest BCUT2D eigenvalue weighted by molar-refractivity contribution is -0.138. The van der Waals surface area contributed by atoms with Gasteiger partial charge in [-0.05, 0) is 13.3 Å². The molecule has 0 aliphatic rings. The normalized spacial score (nSPS) is 14.6. The molecule has 0 unspecified atom stereocenters. The van der Waals surface area contributed by atoms with E-state index >= 15 is 0 Å². The van der Waals surface area contributed by atoms with Crippen molar-refractivity contribution in [1.29, 1.82) is 0 Å². The van der Waals surface area contributed by atoms with Crippen molar-refractivity contribution in [3.8, 4) is 0 Å². The molecular formula is C7H13NO3. The number of aliphatic carboxylic acids is 1. The third-order valence-corrected chi connectivity index (χ3v) is 1.30. The van der Waals surface area contributed by atoms with Crippen LogP contribution < -0.4 is 5.73 Å². The first kappa shape index (κ1) is 10.1. The van der Waals surface area contributed by atoms with Gasteiger partial charge in [0.15, 0.2) is 0 Å². The van der Waals surface area contributed by atoms with Crippen LogP contribution in [0.25, 0.3) is 0 Å². The molecule has 0 spiro atoms. The van der Waals surface area contributed by atoms with Crippen LogP contribution in [0.4, 0.5) is 0 Å². The quantitative estimate of drug-likeness (QED) is 0.493. The molecule has 0 saturated carbocycles. The molecular weight excluding hydrogens is 146 g/mol. The summed E-state index contributed by atoms with van der Waals surface area (Å²) in [5.41, 5.74) is 6.02. The minimum Gasteiger partial charge on any atom is -0.480 e. The van der Waals surface area contributed by atoms with Gasteiger partial charge in [-0.1, -0.05) is 11.6 Å². The molecule has 0 aliphatic heterocycles. The molecule has 0 aliphatic carbocycles. The summed E-state index contributed by atoms with van der Waals surface area (Å²) >= 11 is 0. The smallest absolute Gasteiger partial charge is 0.320 e. The van der Waals surface area contributed by atoms with E-state index in [1.807, 2.05) is 0 Å². The number of carboxylic acid groups (broad SMARTS) is 1. The monoisotopic (exact) mass is 159 g/mol. The number of nitrogens with two attached hydrogens (primary N) is 1. The van der Waals surface area contributed by atoms with Crippen molar-refractivity contribution >= 4 is 5.97 Å². The van der Waals surface area contributed by atoms with E-state index in [9.17, 15) is 4.79 Å². The highest BCUT2D eigenvalue weighted by molar-refractivity contribution is 5.73. The summed E-state index contributed by atoms with van der Waals surface area (Å²) in [6.45, 7) is 1.66. The molecule has 0 aromatic carbocycles. The Morgan fingerprint density at radius 1 is 1.73 bits per heavy atom.